The van der Waals surface area contributed by atoms with E-state index >= 15 is 0 Å². The van der Waals surface area contributed by atoms with Crippen molar-refractivity contribution in [1.82, 2.24) is 0 Å². The molecular formula is C12H26O15. The average Bonchev–Trinajstić information content (AvgIpc) is 2.62. The fourth-order valence-electron chi connectivity index (χ4n) is 1.34. The summed E-state index contributed by atoms with van der Waals surface area (Å²) < 4.78 is 0. The fraction of sp³-hybridized carbons (Fsp3) is 0.833. The van der Waals surface area contributed by atoms with Gasteiger partial charge in [0.1, 0.15) is 36.6 Å². The van der Waals surface area contributed by atoms with Crippen LogP contribution in [0.5, 0.6) is 0 Å². The maximum atomic E-state index is 10.1. The zero-order valence-electron chi connectivity index (χ0n) is 13.7. The first-order chi connectivity index (χ1) is 11.8. The van der Waals surface area contributed by atoms with Gasteiger partial charge in [-0.15, -0.1) is 0 Å². The Morgan fingerprint density at radius 1 is 0.556 bits per heavy atom. The molecule has 15 heteroatoms. The Kier molecular flexibility index (Phi) is 16.3. The third-order valence-electron chi connectivity index (χ3n) is 3.02. The number of aliphatic hydroxyl groups is 10. The molecule has 0 saturated heterocycles. The highest BCUT2D eigenvalue weighted by atomic mass is 16.4. The van der Waals surface area contributed by atoms with Crippen molar-refractivity contribution in [3.63, 3.8) is 0 Å². The Hall–Kier alpha value is -1.50. The van der Waals surface area contributed by atoms with Crippen LogP contribution in [0.25, 0.3) is 0 Å². The lowest BCUT2D eigenvalue weighted by molar-refractivity contribution is -0.164. The second-order valence-electron chi connectivity index (χ2n) is 5.03. The largest absolute Gasteiger partial charge is 0.479 e. The Bertz CT molecular complexity index is 380. The molecule has 0 aliphatic rings. The molecule has 0 bridgehead atoms. The number of hydrogen-bond acceptors (Lipinski definition) is 12. The van der Waals surface area contributed by atoms with E-state index in [0.717, 1.165) is 0 Å². The SMILES string of the molecule is O.O=C(O)[C@H](O)[C@@H](O)[C@H](O)[C@H](O)CO.O=C(O)[C@H](O)[C@@H](O)[C@H](O)[C@H](O)CO. The summed E-state index contributed by atoms with van der Waals surface area (Å²) in [6, 6.07) is 0. The molecule has 0 aliphatic carbocycles. The molecule has 0 fully saturated rings. The van der Waals surface area contributed by atoms with Gasteiger partial charge >= 0.3 is 11.9 Å². The van der Waals surface area contributed by atoms with Crippen LogP contribution in [0.15, 0.2) is 0 Å². The molecule has 0 radical (unpaired) electrons. The molecule has 164 valence electrons. The van der Waals surface area contributed by atoms with Crippen LogP contribution in [0.4, 0.5) is 0 Å². The van der Waals surface area contributed by atoms with Crippen LogP contribution in [0.2, 0.25) is 0 Å². The van der Waals surface area contributed by atoms with Crippen molar-refractivity contribution >= 4 is 11.9 Å². The highest BCUT2D eigenvalue weighted by Crippen LogP contribution is 2.05. The van der Waals surface area contributed by atoms with Gasteiger partial charge in [0, 0.05) is 0 Å². The Morgan fingerprint density at radius 2 is 0.778 bits per heavy atom. The lowest BCUT2D eigenvalue weighted by atomic mass is 10.0. The summed E-state index contributed by atoms with van der Waals surface area (Å²) in [4.78, 5) is 20.2. The Balaban J connectivity index is -0.000000411. The maximum absolute atomic E-state index is 10.1. The first-order valence-electron chi connectivity index (χ1n) is 6.95. The quantitative estimate of drug-likeness (QED) is 0.159. The summed E-state index contributed by atoms with van der Waals surface area (Å²) in [5, 5.41) is 104. The second kappa shape index (κ2) is 14.5. The normalized spacial score (nSPS) is 19.6. The molecular weight excluding hydrogens is 384 g/mol. The highest BCUT2D eigenvalue weighted by Gasteiger charge is 2.34. The number of hydrogen-bond donors (Lipinski definition) is 12. The van der Waals surface area contributed by atoms with Crippen molar-refractivity contribution < 1.29 is 76.3 Å². The van der Waals surface area contributed by atoms with Crippen LogP contribution in [-0.2, 0) is 9.59 Å². The van der Waals surface area contributed by atoms with Crippen LogP contribution in [-0.4, -0.2) is 141 Å². The van der Waals surface area contributed by atoms with E-state index in [0.29, 0.717) is 0 Å². The third kappa shape index (κ3) is 10.4. The summed E-state index contributed by atoms with van der Waals surface area (Å²) in [6.45, 7) is -1.69. The van der Waals surface area contributed by atoms with Crippen molar-refractivity contribution in [2.45, 2.75) is 48.8 Å². The minimum atomic E-state index is -2.20. The van der Waals surface area contributed by atoms with Crippen molar-refractivity contribution in [2.24, 2.45) is 0 Å². The first-order valence-corrected chi connectivity index (χ1v) is 6.95. The molecule has 8 atom stereocenters. The van der Waals surface area contributed by atoms with E-state index in [1.54, 1.807) is 0 Å². The number of rotatable bonds is 10. The number of aliphatic hydroxyl groups excluding tert-OH is 10. The van der Waals surface area contributed by atoms with Crippen molar-refractivity contribution in [1.29, 1.82) is 0 Å². The van der Waals surface area contributed by atoms with Gasteiger partial charge in [-0.05, 0) is 0 Å². The smallest absolute Gasteiger partial charge is 0.335 e. The van der Waals surface area contributed by atoms with E-state index in [1.807, 2.05) is 0 Å². The number of carbonyl (C=O) groups is 2. The Morgan fingerprint density at radius 3 is 0.926 bits per heavy atom. The fourth-order valence-corrected chi connectivity index (χ4v) is 1.34. The average molecular weight is 410 g/mol. The van der Waals surface area contributed by atoms with Gasteiger partial charge in [0.15, 0.2) is 12.2 Å². The number of carboxylic acids is 2. The molecule has 15 nitrogen and oxygen atoms in total. The van der Waals surface area contributed by atoms with Crippen molar-refractivity contribution in [3.05, 3.63) is 0 Å². The van der Waals surface area contributed by atoms with Gasteiger partial charge in [0.2, 0.25) is 0 Å². The van der Waals surface area contributed by atoms with Crippen LogP contribution in [0, 0.1) is 0 Å². The summed E-state index contributed by atoms with van der Waals surface area (Å²) in [5.74, 6) is -3.45. The van der Waals surface area contributed by atoms with Gasteiger partial charge < -0.3 is 66.8 Å². The monoisotopic (exact) mass is 410 g/mol. The minimum absolute atomic E-state index is 0. The van der Waals surface area contributed by atoms with Gasteiger partial charge in [-0.1, -0.05) is 0 Å². The summed E-state index contributed by atoms with van der Waals surface area (Å²) >= 11 is 0. The molecule has 0 aromatic rings. The molecule has 0 amide bonds. The standard InChI is InChI=1S/2C6H12O7.H2O/c2*7-1-2(8)3(9)4(10)5(11)6(12)13;/h2*2-5,7-11H,1H2,(H,12,13);1H2/t2*2-,3-,4+,5-;/m11./s1. The summed E-state index contributed by atoms with van der Waals surface area (Å²) in [5.41, 5.74) is 0. The Labute approximate surface area is 151 Å². The first kappa shape index (κ1) is 30.2. The molecule has 0 spiro atoms. The molecule has 0 saturated carbocycles. The zero-order chi connectivity index (χ0) is 21.2. The van der Waals surface area contributed by atoms with E-state index in [-0.39, 0.29) is 5.48 Å². The van der Waals surface area contributed by atoms with E-state index in [1.165, 1.54) is 0 Å². The van der Waals surface area contributed by atoms with Crippen LogP contribution in [0.3, 0.4) is 0 Å². The predicted octanol–water partition coefficient (Wildman–Crippen LogP) is -7.81. The van der Waals surface area contributed by atoms with Gasteiger partial charge in [0.05, 0.1) is 13.2 Å². The van der Waals surface area contributed by atoms with Crippen LogP contribution >= 0.6 is 0 Å². The van der Waals surface area contributed by atoms with Crippen molar-refractivity contribution in [2.75, 3.05) is 13.2 Å². The number of aliphatic carboxylic acids is 2. The van der Waals surface area contributed by atoms with Gasteiger partial charge in [0.25, 0.3) is 0 Å². The van der Waals surface area contributed by atoms with E-state index < -0.39 is 74.0 Å². The maximum Gasteiger partial charge on any atom is 0.335 e. The molecule has 14 N–H and O–H groups in total. The van der Waals surface area contributed by atoms with Crippen LogP contribution < -0.4 is 0 Å². The third-order valence-corrected chi connectivity index (χ3v) is 3.02. The zero-order valence-corrected chi connectivity index (χ0v) is 13.7. The van der Waals surface area contributed by atoms with Gasteiger partial charge in [-0.2, -0.15) is 0 Å². The molecule has 0 rings (SSSR count). The van der Waals surface area contributed by atoms with E-state index in [2.05, 4.69) is 0 Å². The van der Waals surface area contributed by atoms with E-state index in [4.69, 9.17) is 61.3 Å². The molecule has 0 aliphatic heterocycles. The molecule has 0 aromatic carbocycles. The lowest BCUT2D eigenvalue weighted by Gasteiger charge is -2.23. The van der Waals surface area contributed by atoms with E-state index in [9.17, 15) is 9.59 Å². The van der Waals surface area contributed by atoms with Gasteiger partial charge in [-0.25, -0.2) is 9.59 Å². The van der Waals surface area contributed by atoms with Gasteiger partial charge in [-0.3, -0.25) is 0 Å². The summed E-state index contributed by atoms with van der Waals surface area (Å²) in [6.07, 6.45) is -15.7. The topological polar surface area (TPSA) is 308 Å². The highest BCUT2D eigenvalue weighted by molar-refractivity contribution is 5.73. The molecule has 0 unspecified atom stereocenters. The number of carboxylic acid groups (broad SMARTS) is 2. The molecule has 0 heterocycles. The minimum Gasteiger partial charge on any atom is -0.479 e. The van der Waals surface area contributed by atoms with Crippen LogP contribution in [0.1, 0.15) is 0 Å². The molecule has 0 aromatic heterocycles. The lowest BCUT2D eigenvalue weighted by Crippen LogP contribution is -2.48. The summed E-state index contributed by atoms with van der Waals surface area (Å²) in [7, 11) is 0. The van der Waals surface area contributed by atoms with Crippen molar-refractivity contribution in [3.8, 4) is 0 Å². The second-order valence-corrected chi connectivity index (χ2v) is 5.03. The predicted molar refractivity (Wildman–Crippen MR) is 81.1 cm³/mol. The molecule has 27 heavy (non-hydrogen) atoms.